The van der Waals surface area contributed by atoms with Crippen molar-refractivity contribution in [3.8, 4) is 17.2 Å². The van der Waals surface area contributed by atoms with Crippen LogP contribution < -0.4 is 25.3 Å². The Morgan fingerprint density at radius 1 is 1.03 bits per heavy atom. The van der Waals surface area contributed by atoms with Crippen LogP contribution in [0.25, 0.3) is 0 Å². The van der Waals surface area contributed by atoms with Gasteiger partial charge in [-0.2, -0.15) is 5.10 Å². The molecule has 2 aromatic carbocycles. The van der Waals surface area contributed by atoms with Gasteiger partial charge in [-0.15, -0.1) is 0 Å². The van der Waals surface area contributed by atoms with Gasteiger partial charge in [-0.1, -0.05) is 51.1 Å². The maximum absolute atomic E-state index is 13.2. The molecule has 180 valence electrons. The number of nitrogens with two attached hydrogens (primary N) is 1. The lowest BCUT2D eigenvalue weighted by Gasteiger charge is -2.15. The van der Waals surface area contributed by atoms with Crippen LogP contribution in [0.4, 0.5) is 5.82 Å². The summed E-state index contributed by atoms with van der Waals surface area (Å²) in [6.07, 6.45) is 0. The molecule has 0 aliphatic heterocycles. The molecular weight excluding hydrogens is 436 g/mol. The van der Waals surface area contributed by atoms with Crippen LogP contribution >= 0.6 is 0 Å². The van der Waals surface area contributed by atoms with Crippen LogP contribution in [0.3, 0.4) is 0 Å². The number of aromatic nitrogens is 2. The third-order valence-electron chi connectivity index (χ3n) is 5.05. The van der Waals surface area contributed by atoms with Crippen LogP contribution in [0, 0.1) is 0 Å². The molecule has 3 aromatic rings. The molecule has 9 heteroatoms. The molecule has 0 aliphatic carbocycles. The molecule has 0 spiro atoms. The summed E-state index contributed by atoms with van der Waals surface area (Å²) in [6, 6.07) is 14.8. The van der Waals surface area contributed by atoms with E-state index in [4.69, 9.17) is 25.0 Å². The van der Waals surface area contributed by atoms with Gasteiger partial charge in [-0.25, -0.2) is 4.68 Å². The number of carbonyl (C=O) groups excluding carboxylic acids is 2. The minimum absolute atomic E-state index is 0.185. The van der Waals surface area contributed by atoms with Gasteiger partial charge in [0.2, 0.25) is 5.75 Å². The van der Waals surface area contributed by atoms with Crippen LogP contribution in [0.5, 0.6) is 17.2 Å². The molecule has 3 rings (SSSR count). The monoisotopic (exact) mass is 466 g/mol. The quantitative estimate of drug-likeness (QED) is 0.499. The van der Waals surface area contributed by atoms with Crippen LogP contribution in [0.2, 0.25) is 0 Å². The molecule has 0 fully saturated rings. The predicted octanol–water partition coefficient (Wildman–Crippen LogP) is 3.36. The second kappa shape index (κ2) is 10.3. The number of nitrogens with one attached hydrogen (secondary N) is 1. The highest BCUT2D eigenvalue weighted by Gasteiger charge is 2.23. The van der Waals surface area contributed by atoms with Crippen LogP contribution in [-0.2, 0) is 16.8 Å². The predicted molar refractivity (Wildman–Crippen MR) is 129 cm³/mol. The van der Waals surface area contributed by atoms with Gasteiger partial charge < -0.3 is 25.3 Å². The molecule has 3 N–H and O–H groups in total. The molecule has 0 bridgehead atoms. The molecule has 34 heavy (non-hydrogen) atoms. The van der Waals surface area contributed by atoms with Gasteiger partial charge in [0.1, 0.15) is 5.82 Å². The Morgan fingerprint density at radius 2 is 1.65 bits per heavy atom. The fourth-order valence-electron chi connectivity index (χ4n) is 3.25. The lowest BCUT2D eigenvalue weighted by molar-refractivity contribution is -0.120. The van der Waals surface area contributed by atoms with Crippen LogP contribution in [-0.4, -0.2) is 42.4 Å². The molecule has 2 amide bonds. The van der Waals surface area contributed by atoms with E-state index in [-0.39, 0.29) is 40.7 Å². The highest BCUT2D eigenvalue weighted by atomic mass is 16.5. The molecule has 1 aromatic heterocycles. The van der Waals surface area contributed by atoms with Gasteiger partial charge in [0.15, 0.2) is 18.1 Å². The molecule has 0 radical (unpaired) electrons. The van der Waals surface area contributed by atoms with Crippen molar-refractivity contribution in [2.75, 3.05) is 26.1 Å². The van der Waals surface area contributed by atoms with E-state index in [1.165, 1.54) is 26.4 Å². The number of carbonyl (C=O) groups is 2. The first-order valence-electron chi connectivity index (χ1n) is 10.7. The van der Waals surface area contributed by atoms with E-state index >= 15 is 0 Å². The van der Waals surface area contributed by atoms with Crippen molar-refractivity contribution in [1.29, 1.82) is 0 Å². The smallest absolute Gasteiger partial charge is 0.257 e. The lowest BCUT2D eigenvalue weighted by atomic mass is 9.92. The average Bonchev–Trinajstić information content (AvgIpc) is 3.20. The number of hydrogen-bond donors (Lipinski definition) is 2. The zero-order valence-corrected chi connectivity index (χ0v) is 20.0. The summed E-state index contributed by atoms with van der Waals surface area (Å²) in [4.78, 5) is 24.3. The van der Waals surface area contributed by atoms with E-state index in [1.807, 2.05) is 36.4 Å². The van der Waals surface area contributed by atoms with Crippen molar-refractivity contribution in [1.82, 2.24) is 9.78 Å². The Labute approximate surface area is 198 Å². The second-order valence-corrected chi connectivity index (χ2v) is 8.73. The van der Waals surface area contributed by atoms with E-state index in [9.17, 15) is 9.59 Å². The highest BCUT2D eigenvalue weighted by molar-refractivity contribution is 6.04. The SMILES string of the molecule is COc1cc(C(=O)Nc2cc(C(C)(C)C)nn2Cc2ccccc2)cc(OC)c1OCC(N)=O. The van der Waals surface area contributed by atoms with E-state index in [0.717, 1.165) is 11.3 Å². The third-order valence-corrected chi connectivity index (χ3v) is 5.05. The molecule has 0 unspecified atom stereocenters. The first-order chi connectivity index (χ1) is 16.1. The number of benzene rings is 2. The van der Waals surface area contributed by atoms with Crippen molar-refractivity contribution >= 4 is 17.6 Å². The summed E-state index contributed by atoms with van der Waals surface area (Å²) in [6.45, 7) is 6.34. The Bertz CT molecular complexity index is 1140. The number of nitrogens with zero attached hydrogens (tertiary/aromatic N) is 2. The number of hydrogen-bond acceptors (Lipinski definition) is 6. The number of primary amides is 1. The van der Waals surface area contributed by atoms with Crippen LogP contribution in [0.15, 0.2) is 48.5 Å². The fourth-order valence-corrected chi connectivity index (χ4v) is 3.25. The van der Waals surface area contributed by atoms with E-state index in [2.05, 4.69) is 26.1 Å². The summed E-state index contributed by atoms with van der Waals surface area (Å²) in [7, 11) is 2.86. The summed E-state index contributed by atoms with van der Waals surface area (Å²) in [5.74, 6) is 0.188. The maximum Gasteiger partial charge on any atom is 0.257 e. The molecule has 9 nitrogen and oxygen atoms in total. The van der Waals surface area contributed by atoms with Gasteiger partial charge in [-0.05, 0) is 17.7 Å². The van der Waals surface area contributed by atoms with Gasteiger partial charge in [0.05, 0.1) is 26.5 Å². The topological polar surface area (TPSA) is 118 Å². The first-order valence-corrected chi connectivity index (χ1v) is 10.7. The van der Waals surface area contributed by atoms with Crippen LogP contribution in [0.1, 0.15) is 42.4 Å². The minimum atomic E-state index is -0.646. The molecule has 0 atom stereocenters. The van der Waals surface area contributed by atoms with Gasteiger partial charge in [-0.3, -0.25) is 9.59 Å². The zero-order valence-electron chi connectivity index (χ0n) is 20.0. The minimum Gasteiger partial charge on any atom is -0.493 e. The normalized spacial score (nSPS) is 11.1. The average molecular weight is 467 g/mol. The largest absolute Gasteiger partial charge is 0.493 e. The Morgan fingerprint density at radius 3 is 2.18 bits per heavy atom. The molecular formula is C25H30N4O5. The van der Waals surface area contributed by atoms with E-state index in [0.29, 0.717) is 12.4 Å². The van der Waals surface area contributed by atoms with Crippen molar-refractivity contribution < 1.29 is 23.8 Å². The lowest BCUT2D eigenvalue weighted by Crippen LogP contribution is -2.21. The summed E-state index contributed by atoms with van der Waals surface area (Å²) >= 11 is 0. The third kappa shape index (κ3) is 5.86. The van der Waals surface area contributed by atoms with Crippen molar-refractivity contribution in [3.63, 3.8) is 0 Å². The standard InChI is InChI=1S/C25H30N4O5/c1-25(2,3)20-13-22(29(28-20)14-16-9-7-6-8-10-16)27-24(31)17-11-18(32-4)23(19(12-17)33-5)34-15-21(26)30/h6-13H,14-15H2,1-5H3,(H2,26,30)(H,27,31). The maximum atomic E-state index is 13.2. The van der Waals surface area contributed by atoms with E-state index < -0.39 is 5.91 Å². The summed E-state index contributed by atoms with van der Waals surface area (Å²) in [5.41, 5.74) is 7.16. The number of ether oxygens (including phenoxy) is 3. The Hall–Kier alpha value is -4.01. The fraction of sp³-hybridized carbons (Fsp3) is 0.320. The van der Waals surface area contributed by atoms with Gasteiger partial charge in [0.25, 0.3) is 11.8 Å². The number of amides is 2. The number of methoxy groups -OCH3 is 2. The zero-order chi connectivity index (χ0) is 24.9. The molecule has 0 saturated heterocycles. The summed E-state index contributed by atoms with van der Waals surface area (Å²) in [5, 5.41) is 7.68. The van der Waals surface area contributed by atoms with E-state index in [1.54, 1.807) is 4.68 Å². The van der Waals surface area contributed by atoms with Gasteiger partial charge in [0, 0.05) is 17.0 Å². The van der Waals surface area contributed by atoms with Crippen molar-refractivity contribution in [2.45, 2.75) is 32.7 Å². The molecule has 1 heterocycles. The number of anilines is 1. The first kappa shape index (κ1) is 24.6. The molecule has 0 aliphatic rings. The summed E-state index contributed by atoms with van der Waals surface area (Å²) < 4.78 is 17.9. The Kier molecular flexibility index (Phi) is 7.45. The number of rotatable bonds is 9. The van der Waals surface area contributed by atoms with Crippen molar-refractivity contribution in [3.05, 3.63) is 65.4 Å². The molecule has 0 saturated carbocycles. The second-order valence-electron chi connectivity index (χ2n) is 8.73. The highest BCUT2D eigenvalue weighted by Crippen LogP contribution is 2.39. The Balaban J connectivity index is 1.94. The van der Waals surface area contributed by atoms with Crippen molar-refractivity contribution in [2.24, 2.45) is 5.73 Å². The van der Waals surface area contributed by atoms with Gasteiger partial charge >= 0.3 is 0 Å².